The van der Waals surface area contributed by atoms with E-state index in [4.69, 9.17) is 16.6 Å². The van der Waals surface area contributed by atoms with E-state index in [1.807, 2.05) is 0 Å². The average Bonchev–Trinajstić information content (AvgIpc) is 2.22. The van der Waals surface area contributed by atoms with Crippen LogP contribution in [0.15, 0.2) is 12.1 Å². The smallest absolute Gasteiger partial charge is 0.289 e. The third-order valence-corrected chi connectivity index (χ3v) is 2.13. The summed E-state index contributed by atoms with van der Waals surface area (Å²) < 4.78 is 39.0. The topological polar surface area (TPSA) is 92.5 Å². The minimum atomic E-state index is -3.67. The number of rotatable bonds is 3. The van der Waals surface area contributed by atoms with Gasteiger partial charge in [-0.15, -0.1) is 0 Å². The zero-order valence-corrected chi connectivity index (χ0v) is 8.12. The van der Waals surface area contributed by atoms with Gasteiger partial charge in [0.05, 0.1) is 5.69 Å². The Hall–Kier alpha value is -1.47. The third kappa shape index (κ3) is 2.20. The number of nitrogen functional groups attached to an aromatic ring is 1. The van der Waals surface area contributed by atoms with E-state index in [2.05, 4.69) is 0 Å². The molecule has 1 atom stereocenters. The first kappa shape index (κ1) is 12.6. The highest BCUT2D eigenvalue weighted by molar-refractivity contribution is 5.57. The van der Waals surface area contributed by atoms with Crippen LogP contribution in [0.1, 0.15) is 11.6 Å². The molecule has 0 bridgehead atoms. The fraction of sp³-hybridized carbons (Fsp3) is 0.333. The van der Waals surface area contributed by atoms with Crippen LogP contribution in [0.3, 0.4) is 0 Å². The van der Waals surface area contributed by atoms with E-state index >= 15 is 0 Å². The van der Waals surface area contributed by atoms with Crippen molar-refractivity contribution in [3.05, 3.63) is 23.5 Å². The molecule has 1 rings (SSSR count). The lowest BCUT2D eigenvalue weighted by Crippen LogP contribution is -2.36. The molecule has 0 heterocycles. The molecule has 0 saturated carbocycles. The van der Waals surface area contributed by atoms with Crippen molar-refractivity contribution < 1.29 is 23.4 Å². The standard InChI is InChI=1S/C9H11F3N2O2/c10-4-1-5(7(16)6(13)2-4)8(14)9(11,12)3-15/h1-2,8,15-16H,3,13-14H2/t8-/m0/s1. The van der Waals surface area contributed by atoms with Crippen LogP contribution in [0.5, 0.6) is 5.75 Å². The summed E-state index contributed by atoms with van der Waals surface area (Å²) in [6, 6.07) is -0.599. The van der Waals surface area contributed by atoms with E-state index in [0.717, 1.165) is 6.07 Å². The van der Waals surface area contributed by atoms with Crippen molar-refractivity contribution in [3.63, 3.8) is 0 Å². The quantitative estimate of drug-likeness (QED) is 0.460. The minimum Gasteiger partial charge on any atom is -0.505 e. The molecule has 0 saturated heterocycles. The van der Waals surface area contributed by atoms with Crippen LogP contribution in [-0.4, -0.2) is 22.7 Å². The molecule has 0 aliphatic heterocycles. The Balaban J connectivity index is 3.23. The number of phenolic OH excluding ortho intramolecular Hbond substituents is 1. The summed E-state index contributed by atoms with van der Waals surface area (Å²) >= 11 is 0. The van der Waals surface area contributed by atoms with E-state index in [1.54, 1.807) is 0 Å². The van der Waals surface area contributed by atoms with Gasteiger partial charge in [0.2, 0.25) is 0 Å². The van der Waals surface area contributed by atoms with Crippen LogP contribution in [-0.2, 0) is 0 Å². The Morgan fingerprint density at radius 2 is 1.94 bits per heavy atom. The molecule has 4 nitrogen and oxygen atoms in total. The van der Waals surface area contributed by atoms with Crippen molar-refractivity contribution in [2.45, 2.75) is 12.0 Å². The molecule has 7 heteroatoms. The maximum atomic E-state index is 13.0. The number of aliphatic hydroxyl groups excluding tert-OH is 1. The summed E-state index contributed by atoms with van der Waals surface area (Å²) in [5, 5.41) is 17.8. The van der Waals surface area contributed by atoms with Crippen LogP contribution in [0.2, 0.25) is 0 Å². The highest BCUT2D eigenvalue weighted by Gasteiger charge is 2.39. The summed E-state index contributed by atoms with van der Waals surface area (Å²) in [6.07, 6.45) is 0. The fourth-order valence-corrected chi connectivity index (χ4v) is 1.21. The van der Waals surface area contributed by atoms with Crippen LogP contribution in [0.4, 0.5) is 18.9 Å². The van der Waals surface area contributed by atoms with Gasteiger partial charge in [0, 0.05) is 11.6 Å². The second-order valence-corrected chi connectivity index (χ2v) is 3.33. The molecule has 1 aromatic carbocycles. The zero-order valence-electron chi connectivity index (χ0n) is 8.12. The lowest BCUT2D eigenvalue weighted by Gasteiger charge is -2.22. The Morgan fingerprint density at radius 3 is 2.44 bits per heavy atom. The highest BCUT2D eigenvalue weighted by Crippen LogP contribution is 2.37. The third-order valence-electron chi connectivity index (χ3n) is 2.13. The van der Waals surface area contributed by atoms with Gasteiger partial charge in [-0.3, -0.25) is 0 Å². The Kier molecular flexibility index (Phi) is 3.30. The van der Waals surface area contributed by atoms with E-state index in [-0.39, 0.29) is 5.69 Å². The molecule has 0 fully saturated rings. The first-order valence-electron chi connectivity index (χ1n) is 4.31. The first-order chi connectivity index (χ1) is 7.29. The van der Waals surface area contributed by atoms with Crippen LogP contribution in [0.25, 0.3) is 0 Å². The molecule has 0 unspecified atom stereocenters. The van der Waals surface area contributed by atoms with Crippen molar-refractivity contribution in [1.29, 1.82) is 0 Å². The Labute approximate surface area is 89.3 Å². The molecular weight excluding hydrogens is 225 g/mol. The van der Waals surface area contributed by atoms with Crippen molar-refractivity contribution in [1.82, 2.24) is 0 Å². The number of hydrogen-bond acceptors (Lipinski definition) is 4. The summed E-state index contributed by atoms with van der Waals surface area (Å²) in [6.45, 7) is -1.51. The number of halogens is 3. The number of nitrogens with two attached hydrogens (primary N) is 2. The molecule has 0 spiro atoms. The monoisotopic (exact) mass is 236 g/mol. The number of aromatic hydroxyl groups is 1. The SMILES string of the molecule is Nc1cc(F)cc([C@H](N)C(F)(F)CO)c1O. The largest absolute Gasteiger partial charge is 0.505 e. The van der Waals surface area contributed by atoms with E-state index in [0.29, 0.717) is 6.07 Å². The summed E-state index contributed by atoms with van der Waals surface area (Å²) in [4.78, 5) is 0. The molecule has 0 aliphatic rings. The van der Waals surface area contributed by atoms with Gasteiger partial charge < -0.3 is 21.7 Å². The second kappa shape index (κ2) is 4.18. The van der Waals surface area contributed by atoms with Gasteiger partial charge in [-0.2, -0.15) is 0 Å². The highest BCUT2D eigenvalue weighted by atomic mass is 19.3. The van der Waals surface area contributed by atoms with Gasteiger partial charge in [0.1, 0.15) is 24.2 Å². The Bertz CT molecular complexity index is 399. The number of alkyl halides is 2. The number of anilines is 1. The van der Waals surface area contributed by atoms with E-state index in [1.165, 1.54) is 0 Å². The summed E-state index contributed by atoms with van der Waals surface area (Å²) in [5.41, 5.74) is 9.39. The van der Waals surface area contributed by atoms with Crippen molar-refractivity contribution >= 4 is 5.69 Å². The average molecular weight is 236 g/mol. The van der Waals surface area contributed by atoms with E-state index in [9.17, 15) is 18.3 Å². The molecule has 6 N–H and O–H groups in total. The molecule has 0 aliphatic carbocycles. The zero-order chi connectivity index (χ0) is 12.5. The normalized spacial score (nSPS) is 13.8. The van der Waals surface area contributed by atoms with Gasteiger partial charge in [0.25, 0.3) is 5.92 Å². The van der Waals surface area contributed by atoms with E-state index < -0.39 is 35.7 Å². The Morgan fingerprint density at radius 1 is 1.38 bits per heavy atom. The minimum absolute atomic E-state index is 0.390. The molecule has 0 radical (unpaired) electrons. The lowest BCUT2D eigenvalue weighted by atomic mass is 10.00. The molecule has 0 aromatic heterocycles. The number of aliphatic hydroxyl groups is 1. The van der Waals surface area contributed by atoms with Gasteiger partial charge in [0.15, 0.2) is 0 Å². The molecule has 0 amide bonds. The number of phenols is 1. The van der Waals surface area contributed by atoms with Gasteiger partial charge in [-0.1, -0.05) is 0 Å². The van der Waals surface area contributed by atoms with Crippen LogP contribution >= 0.6 is 0 Å². The molecule has 90 valence electrons. The lowest BCUT2D eigenvalue weighted by molar-refractivity contribution is -0.0716. The van der Waals surface area contributed by atoms with Crippen LogP contribution in [0, 0.1) is 5.82 Å². The first-order valence-corrected chi connectivity index (χ1v) is 4.31. The predicted molar refractivity (Wildman–Crippen MR) is 51.4 cm³/mol. The number of hydrogen-bond donors (Lipinski definition) is 4. The van der Waals surface area contributed by atoms with Gasteiger partial charge >= 0.3 is 0 Å². The maximum Gasteiger partial charge on any atom is 0.289 e. The van der Waals surface area contributed by atoms with Crippen molar-refractivity contribution in [2.24, 2.45) is 5.73 Å². The van der Waals surface area contributed by atoms with Crippen LogP contribution < -0.4 is 11.5 Å². The number of benzene rings is 1. The second-order valence-electron chi connectivity index (χ2n) is 3.33. The fourth-order valence-electron chi connectivity index (χ4n) is 1.21. The molecular formula is C9H11F3N2O2. The summed E-state index contributed by atoms with van der Waals surface area (Å²) in [5.74, 6) is -5.27. The summed E-state index contributed by atoms with van der Waals surface area (Å²) in [7, 11) is 0. The maximum absolute atomic E-state index is 13.0. The molecule has 1 aromatic rings. The van der Waals surface area contributed by atoms with Gasteiger partial charge in [-0.05, 0) is 6.07 Å². The van der Waals surface area contributed by atoms with Gasteiger partial charge in [-0.25, -0.2) is 13.2 Å². The predicted octanol–water partition coefficient (Wildman–Crippen LogP) is 0.741. The van der Waals surface area contributed by atoms with Crippen molar-refractivity contribution in [2.75, 3.05) is 12.3 Å². The molecule has 16 heavy (non-hydrogen) atoms. The van der Waals surface area contributed by atoms with Crippen molar-refractivity contribution in [3.8, 4) is 5.75 Å².